The molecule has 5 heteroatoms. The fourth-order valence-electron chi connectivity index (χ4n) is 1.82. The number of nitrogens with zero attached hydrogens (tertiary/aromatic N) is 3. The van der Waals surface area contributed by atoms with Crippen molar-refractivity contribution >= 4 is 5.69 Å². The predicted octanol–water partition coefficient (Wildman–Crippen LogP) is 1.98. The van der Waals surface area contributed by atoms with Gasteiger partial charge < -0.3 is 10.5 Å². The number of rotatable bonds is 4. The normalized spacial score (nSPS) is 10.6. The maximum absolute atomic E-state index is 5.86. The molecule has 0 aliphatic heterocycles. The van der Waals surface area contributed by atoms with Gasteiger partial charge in [-0.05, 0) is 6.07 Å². The first kappa shape index (κ1) is 12.4. The van der Waals surface area contributed by atoms with Crippen molar-refractivity contribution < 1.29 is 4.74 Å². The summed E-state index contributed by atoms with van der Waals surface area (Å²) in [5, 5.41) is 4.48. The largest absolute Gasteiger partial charge is 0.497 e. The van der Waals surface area contributed by atoms with E-state index in [0.717, 1.165) is 35.9 Å². The molecule has 2 aromatic rings. The zero-order valence-electron chi connectivity index (χ0n) is 11.0. The second kappa shape index (κ2) is 5.08. The van der Waals surface area contributed by atoms with Gasteiger partial charge in [-0.15, -0.1) is 0 Å². The van der Waals surface area contributed by atoms with E-state index in [4.69, 9.17) is 10.5 Å². The van der Waals surface area contributed by atoms with E-state index in [1.54, 1.807) is 13.2 Å². The van der Waals surface area contributed by atoms with E-state index < -0.39 is 0 Å². The Hall–Kier alpha value is -2.04. The van der Waals surface area contributed by atoms with Crippen molar-refractivity contribution in [3.63, 3.8) is 0 Å². The van der Waals surface area contributed by atoms with Gasteiger partial charge in [-0.3, -0.25) is 0 Å². The van der Waals surface area contributed by atoms with Crippen LogP contribution < -0.4 is 10.5 Å². The Morgan fingerprint density at radius 2 is 2.00 bits per heavy atom. The summed E-state index contributed by atoms with van der Waals surface area (Å²) >= 11 is 0. The fraction of sp³-hybridized carbons (Fsp3) is 0.385. The SMILES string of the molecule is CCc1nc(CC)n(-c2cc(N)cc(OC)c2)n1. The predicted molar refractivity (Wildman–Crippen MR) is 71.1 cm³/mol. The molecule has 2 rings (SSSR count). The smallest absolute Gasteiger partial charge is 0.151 e. The van der Waals surface area contributed by atoms with Gasteiger partial charge >= 0.3 is 0 Å². The van der Waals surface area contributed by atoms with E-state index in [-0.39, 0.29) is 0 Å². The molecular weight excluding hydrogens is 228 g/mol. The number of nitrogens with two attached hydrogens (primary N) is 1. The average molecular weight is 246 g/mol. The number of aromatic nitrogens is 3. The van der Waals surface area contributed by atoms with Gasteiger partial charge in [0.1, 0.15) is 11.6 Å². The topological polar surface area (TPSA) is 66.0 Å². The Bertz CT molecular complexity index is 548. The summed E-state index contributed by atoms with van der Waals surface area (Å²) in [5.41, 5.74) is 7.40. The van der Waals surface area contributed by atoms with E-state index in [0.29, 0.717) is 5.69 Å². The Labute approximate surface area is 107 Å². The third-order valence-corrected chi connectivity index (χ3v) is 2.74. The fourth-order valence-corrected chi connectivity index (χ4v) is 1.82. The summed E-state index contributed by atoms with van der Waals surface area (Å²) in [5.74, 6) is 2.49. The van der Waals surface area contributed by atoms with Gasteiger partial charge in [0.25, 0.3) is 0 Å². The van der Waals surface area contributed by atoms with Crippen LogP contribution in [0.3, 0.4) is 0 Å². The van der Waals surface area contributed by atoms with Crippen LogP contribution in [0, 0.1) is 0 Å². The van der Waals surface area contributed by atoms with Crippen molar-refractivity contribution in [3.05, 3.63) is 29.8 Å². The lowest BCUT2D eigenvalue weighted by Crippen LogP contribution is -2.03. The first-order valence-corrected chi connectivity index (χ1v) is 6.07. The number of hydrogen-bond donors (Lipinski definition) is 1. The number of ether oxygens (including phenoxy) is 1. The van der Waals surface area contributed by atoms with Crippen LogP contribution in [0.5, 0.6) is 5.75 Å². The van der Waals surface area contributed by atoms with Crippen LogP contribution in [0.15, 0.2) is 18.2 Å². The number of hydrogen-bond acceptors (Lipinski definition) is 4. The van der Waals surface area contributed by atoms with Gasteiger partial charge in [-0.25, -0.2) is 9.67 Å². The molecule has 1 heterocycles. The average Bonchev–Trinajstić information content (AvgIpc) is 2.81. The highest BCUT2D eigenvalue weighted by Crippen LogP contribution is 2.22. The molecular formula is C13H18N4O. The lowest BCUT2D eigenvalue weighted by atomic mass is 10.2. The summed E-state index contributed by atoms with van der Waals surface area (Å²) in [4.78, 5) is 4.48. The summed E-state index contributed by atoms with van der Waals surface area (Å²) < 4.78 is 7.05. The quantitative estimate of drug-likeness (QED) is 0.838. The van der Waals surface area contributed by atoms with Crippen LogP contribution in [0.4, 0.5) is 5.69 Å². The number of methoxy groups -OCH3 is 1. The number of nitrogen functional groups attached to an aromatic ring is 1. The van der Waals surface area contributed by atoms with Crippen LogP contribution in [0.2, 0.25) is 0 Å². The highest BCUT2D eigenvalue weighted by Gasteiger charge is 2.10. The van der Waals surface area contributed by atoms with E-state index in [9.17, 15) is 0 Å². The van der Waals surface area contributed by atoms with Crippen molar-refractivity contribution in [2.75, 3.05) is 12.8 Å². The second-order valence-corrected chi connectivity index (χ2v) is 4.03. The molecule has 2 N–H and O–H groups in total. The summed E-state index contributed by atoms with van der Waals surface area (Å²) in [7, 11) is 1.62. The van der Waals surface area contributed by atoms with Gasteiger partial charge in [0.05, 0.1) is 12.8 Å². The van der Waals surface area contributed by atoms with Gasteiger partial charge in [0, 0.05) is 30.7 Å². The molecule has 0 aliphatic rings. The molecule has 0 bridgehead atoms. The van der Waals surface area contributed by atoms with Crippen molar-refractivity contribution in [3.8, 4) is 11.4 Å². The highest BCUT2D eigenvalue weighted by molar-refractivity contribution is 5.53. The van der Waals surface area contributed by atoms with Crippen LogP contribution >= 0.6 is 0 Å². The molecule has 1 aromatic heterocycles. The molecule has 0 amide bonds. The molecule has 1 aromatic carbocycles. The number of aryl methyl sites for hydroxylation is 2. The Morgan fingerprint density at radius 1 is 1.22 bits per heavy atom. The third kappa shape index (κ3) is 2.30. The standard InChI is InChI=1S/C13H18N4O/c1-4-12-15-13(5-2)17(16-12)10-6-9(14)7-11(8-10)18-3/h6-8H,4-5,14H2,1-3H3. The van der Waals surface area contributed by atoms with E-state index in [1.165, 1.54) is 0 Å². The Morgan fingerprint density at radius 3 is 2.61 bits per heavy atom. The van der Waals surface area contributed by atoms with Crippen molar-refractivity contribution in [2.45, 2.75) is 26.7 Å². The van der Waals surface area contributed by atoms with Gasteiger partial charge in [0.15, 0.2) is 5.82 Å². The van der Waals surface area contributed by atoms with Crippen LogP contribution in [0.25, 0.3) is 5.69 Å². The lowest BCUT2D eigenvalue weighted by molar-refractivity contribution is 0.414. The minimum absolute atomic E-state index is 0.653. The van der Waals surface area contributed by atoms with Gasteiger partial charge in [-0.1, -0.05) is 13.8 Å². The summed E-state index contributed by atoms with van der Waals surface area (Å²) in [6.45, 7) is 4.10. The Balaban J connectivity index is 2.53. The molecule has 0 atom stereocenters. The van der Waals surface area contributed by atoms with Crippen molar-refractivity contribution in [1.29, 1.82) is 0 Å². The van der Waals surface area contributed by atoms with Crippen molar-refractivity contribution in [2.24, 2.45) is 0 Å². The second-order valence-electron chi connectivity index (χ2n) is 4.03. The summed E-state index contributed by atoms with van der Waals surface area (Å²) in [6.07, 6.45) is 1.64. The van der Waals surface area contributed by atoms with E-state index >= 15 is 0 Å². The molecule has 0 saturated carbocycles. The van der Waals surface area contributed by atoms with E-state index in [1.807, 2.05) is 23.7 Å². The zero-order chi connectivity index (χ0) is 13.1. The van der Waals surface area contributed by atoms with Crippen LogP contribution in [-0.4, -0.2) is 21.9 Å². The molecule has 0 spiro atoms. The minimum Gasteiger partial charge on any atom is -0.497 e. The third-order valence-electron chi connectivity index (χ3n) is 2.74. The van der Waals surface area contributed by atoms with Crippen LogP contribution in [0.1, 0.15) is 25.5 Å². The maximum Gasteiger partial charge on any atom is 0.151 e. The molecule has 0 radical (unpaired) electrons. The molecule has 0 saturated heterocycles. The molecule has 0 fully saturated rings. The molecule has 5 nitrogen and oxygen atoms in total. The molecule has 18 heavy (non-hydrogen) atoms. The minimum atomic E-state index is 0.653. The summed E-state index contributed by atoms with van der Waals surface area (Å²) in [6, 6.07) is 5.56. The monoisotopic (exact) mass is 246 g/mol. The van der Waals surface area contributed by atoms with Gasteiger partial charge in [-0.2, -0.15) is 5.10 Å². The first-order valence-electron chi connectivity index (χ1n) is 6.07. The number of anilines is 1. The Kier molecular flexibility index (Phi) is 3.50. The molecule has 0 unspecified atom stereocenters. The van der Waals surface area contributed by atoms with E-state index in [2.05, 4.69) is 17.0 Å². The highest BCUT2D eigenvalue weighted by atomic mass is 16.5. The first-order chi connectivity index (χ1) is 8.67. The van der Waals surface area contributed by atoms with Crippen LogP contribution in [-0.2, 0) is 12.8 Å². The maximum atomic E-state index is 5.86. The zero-order valence-corrected chi connectivity index (χ0v) is 11.0. The molecule has 96 valence electrons. The number of benzene rings is 1. The molecule has 0 aliphatic carbocycles. The van der Waals surface area contributed by atoms with Gasteiger partial charge in [0.2, 0.25) is 0 Å². The lowest BCUT2D eigenvalue weighted by Gasteiger charge is -2.08. The van der Waals surface area contributed by atoms with Crippen molar-refractivity contribution in [1.82, 2.24) is 14.8 Å².